The summed E-state index contributed by atoms with van der Waals surface area (Å²) in [6.45, 7) is 12.3. The van der Waals surface area contributed by atoms with Gasteiger partial charge in [-0.3, -0.25) is 4.79 Å². The Bertz CT molecular complexity index is 736. The number of aliphatic carboxylic acids is 1. The summed E-state index contributed by atoms with van der Waals surface area (Å²) in [6, 6.07) is 8.50. The second kappa shape index (κ2) is 19.3. The maximum absolute atomic E-state index is 10.8. The lowest BCUT2D eigenvalue weighted by molar-refractivity contribution is -0.137. The summed E-state index contributed by atoms with van der Waals surface area (Å²) in [5, 5.41) is 8.86. The first-order valence-electron chi connectivity index (χ1n) is 11.9. The number of rotatable bonds is 11. The monoisotopic (exact) mass is 460 g/mol. The van der Waals surface area contributed by atoms with Crippen molar-refractivity contribution in [2.24, 2.45) is 0 Å². The van der Waals surface area contributed by atoms with Gasteiger partial charge in [-0.05, 0) is 68.7 Å². The van der Waals surface area contributed by atoms with Crippen molar-refractivity contribution in [2.75, 3.05) is 20.8 Å². The van der Waals surface area contributed by atoms with E-state index in [4.69, 9.17) is 19.3 Å². The van der Waals surface area contributed by atoms with Gasteiger partial charge >= 0.3 is 5.97 Å². The molecule has 5 nitrogen and oxygen atoms in total. The highest BCUT2D eigenvalue weighted by molar-refractivity contribution is 5.67. The van der Waals surface area contributed by atoms with Crippen LogP contribution >= 0.6 is 0 Å². The van der Waals surface area contributed by atoms with Crippen LogP contribution in [0.25, 0.3) is 0 Å². The van der Waals surface area contributed by atoms with Gasteiger partial charge in [0.25, 0.3) is 0 Å². The van der Waals surface area contributed by atoms with E-state index in [1.54, 1.807) is 14.2 Å². The van der Waals surface area contributed by atoms with Crippen molar-refractivity contribution in [3.63, 3.8) is 0 Å². The lowest BCUT2D eigenvalue weighted by Crippen LogP contribution is -2.21. The Labute approximate surface area is 201 Å². The second-order valence-electron chi connectivity index (χ2n) is 7.37. The predicted octanol–water partition coefficient (Wildman–Crippen LogP) is 6.66. The zero-order valence-electron chi connectivity index (χ0n) is 21.4. The minimum absolute atomic E-state index is 0.00156. The van der Waals surface area contributed by atoms with E-state index in [9.17, 15) is 4.79 Å². The van der Waals surface area contributed by atoms with Crippen LogP contribution in [0.2, 0.25) is 0 Å². The van der Waals surface area contributed by atoms with Crippen LogP contribution < -0.4 is 0 Å². The molecule has 2 rings (SSSR count). The van der Waals surface area contributed by atoms with Crippen LogP contribution in [0.1, 0.15) is 64.0 Å². The zero-order chi connectivity index (χ0) is 25.1. The Hall–Kier alpha value is -2.21. The van der Waals surface area contributed by atoms with Gasteiger partial charge in [0.15, 0.2) is 6.29 Å². The van der Waals surface area contributed by atoms with Crippen molar-refractivity contribution in [2.45, 2.75) is 78.6 Å². The summed E-state index contributed by atoms with van der Waals surface area (Å²) >= 11 is 0. The van der Waals surface area contributed by atoms with Crippen LogP contribution in [-0.2, 0) is 25.4 Å². The van der Waals surface area contributed by atoms with Gasteiger partial charge in [-0.2, -0.15) is 0 Å². The van der Waals surface area contributed by atoms with E-state index < -0.39 is 12.3 Å². The number of benzene rings is 1. The smallest absolute Gasteiger partial charge is 0.303 e. The number of hydrogen-bond acceptors (Lipinski definition) is 4. The maximum atomic E-state index is 10.8. The standard InChI is InChI=1S/C15H24O5.C11H14.C2H6/c1-4-20-15(19-3)13-10-12(18-2)7-5-6-11(13)8-9-14(16)17;1-3-4-8-11-9-6-5-7-10(11)2;1-2/h6,10,12,15H,4-5,7-9H2,1-3H3,(H,16,17);3,5-7,9H,1,4,8H2,2H3;1-2H3. The quantitative estimate of drug-likeness (QED) is 0.295. The molecule has 0 bridgehead atoms. The topological polar surface area (TPSA) is 65.0 Å². The number of carboxylic acid groups (broad SMARTS) is 1. The van der Waals surface area contributed by atoms with E-state index in [1.807, 2.05) is 32.9 Å². The van der Waals surface area contributed by atoms with Crippen LogP contribution in [0.4, 0.5) is 0 Å². The summed E-state index contributed by atoms with van der Waals surface area (Å²) in [5.74, 6) is -0.803. The molecule has 0 heterocycles. The Morgan fingerprint density at radius 2 is 1.94 bits per heavy atom. The number of carboxylic acids is 1. The number of allylic oxidation sites excluding steroid dienone is 2. The van der Waals surface area contributed by atoms with Gasteiger partial charge in [-0.15, -0.1) is 6.58 Å². The number of aryl methyl sites for hydroxylation is 2. The fraction of sp³-hybridized carbons (Fsp3) is 0.536. The number of carbonyl (C=O) groups is 1. The molecule has 0 amide bonds. The van der Waals surface area contributed by atoms with Crippen LogP contribution in [0.5, 0.6) is 0 Å². The van der Waals surface area contributed by atoms with Crippen LogP contribution in [0.15, 0.2) is 60.2 Å². The molecule has 0 saturated carbocycles. The Kier molecular flexibility index (Phi) is 18.0. The summed E-state index contributed by atoms with van der Waals surface area (Å²) in [5.41, 5.74) is 4.69. The summed E-state index contributed by atoms with van der Waals surface area (Å²) < 4.78 is 16.4. The normalized spacial score (nSPS) is 16.0. The van der Waals surface area contributed by atoms with Crippen LogP contribution in [-0.4, -0.2) is 44.3 Å². The van der Waals surface area contributed by atoms with Crippen LogP contribution in [0, 0.1) is 6.92 Å². The third kappa shape index (κ3) is 12.6. The van der Waals surface area contributed by atoms with E-state index in [0.717, 1.165) is 36.8 Å². The molecule has 0 fully saturated rings. The first kappa shape index (κ1) is 30.8. The molecule has 2 unspecified atom stereocenters. The molecule has 1 aromatic rings. The second-order valence-corrected chi connectivity index (χ2v) is 7.37. The zero-order valence-corrected chi connectivity index (χ0v) is 21.4. The van der Waals surface area contributed by atoms with Crippen molar-refractivity contribution >= 4 is 5.97 Å². The first-order valence-corrected chi connectivity index (χ1v) is 11.9. The van der Waals surface area contributed by atoms with E-state index in [-0.39, 0.29) is 12.5 Å². The minimum Gasteiger partial charge on any atom is -0.481 e. The van der Waals surface area contributed by atoms with Gasteiger partial charge in [-0.25, -0.2) is 0 Å². The molecule has 1 N–H and O–H groups in total. The minimum atomic E-state index is -0.803. The maximum Gasteiger partial charge on any atom is 0.303 e. The van der Waals surface area contributed by atoms with E-state index in [1.165, 1.54) is 11.1 Å². The average Bonchev–Trinajstić information content (AvgIpc) is 3.04. The summed E-state index contributed by atoms with van der Waals surface area (Å²) in [6.07, 6.45) is 10.1. The molecule has 33 heavy (non-hydrogen) atoms. The molecule has 0 aliphatic heterocycles. The highest BCUT2D eigenvalue weighted by atomic mass is 16.7. The molecule has 2 atom stereocenters. The van der Waals surface area contributed by atoms with Gasteiger partial charge in [0.2, 0.25) is 0 Å². The molecule has 0 saturated heterocycles. The highest BCUT2D eigenvalue weighted by Crippen LogP contribution is 2.28. The fourth-order valence-corrected chi connectivity index (χ4v) is 3.42. The highest BCUT2D eigenvalue weighted by Gasteiger charge is 2.22. The van der Waals surface area contributed by atoms with Crippen molar-refractivity contribution in [1.29, 1.82) is 0 Å². The lowest BCUT2D eigenvalue weighted by Gasteiger charge is -2.21. The molecular weight excluding hydrogens is 416 g/mol. The largest absolute Gasteiger partial charge is 0.481 e. The van der Waals surface area contributed by atoms with Crippen molar-refractivity contribution < 1.29 is 24.1 Å². The summed E-state index contributed by atoms with van der Waals surface area (Å²) in [4.78, 5) is 10.8. The SMILES string of the molecule is C=CCCc1ccccc1C.CC.CCOC(OC)C1=CC(OC)CCC=C1CCC(=O)O. The molecule has 0 aromatic heterocycles. The molecule has 1 aromatic carbocycles. The molecule has 1 aliphatic carbocycles. The van der Waals surface area contributed by atoms with Gasteiger partial charge < -0.3 is 19.3 Å². The summed E-state index contributed by atoms with van der Waals surface area (Å²) in [7, 11) is 3.26. The Morgan fingerprint density at radius 3 is 2.48 bits per heavy atom. The third-order valence-electron chi connectivity index (χ3n) is 5.15. The first-order chi connectivity index (χ1) is 16.0. The molecule has 0 radical (unpaired) electrons. The van der Waals surface area contributed by atoms with Crippen molar-refractivity contribution in [3.05, 3.63) is 71.3 Å². The van der Waals surface area contributed by atoms with E-state index >= 15 is 0 Å². The van der Waals surface area contributed by atoms with E-state index in [2.05, 4.69) is 43.8 Å². The lowest BCUT2D eigenvalue weighted by atomic mass is 10.00. The van der Waals surface area contributed by atoms with Gasteiger partial charge in [-0.1, -0.05) is 50.3 Å². The number of ether oxygens (including phenoxy) is 3. The Morgan fingerprint density at radius 1 is 1.24 bits per heavy atom. The Balaban J connectivity index is 0.000000663. The predicted molar refractivity (Wildman–Crippen MR) is 137 cm³/mol. The molecule has 1 aliphatic rings. The van der Waals surface area contributed by atoms with Crippen molar-refractivity contribution in [1.82, 2.24) is 0 Å². The molecular formula is C28H44O5. The fourth-order valence-electron chi connectivity index (χ4n) is 3.42. The van der Waals surface area contributed by atoms with E-state index in [0.29, 0.717) is 13.0 Å². The van der Waals surface area contributed by atoms with Gasteiger partial charge in [0.05, 0.1) is 6.10 Å². The average molecular weight is 461 g/mol. The van der Waals surface area contributed by atoms with Gasteiger partial charge in [0.1, 0.15) is 0 Å². The number of hydrogen-bond donors (Lipinski definition) is 1. The van der Waals surface area contributed by atoms with Crippen LogP contribution in [0.3, 0.4) is 0 Å². The molecule has 5 heteroatoms. The van der Waals surface area contributed by atoms with Gasteiger partial charge in [0, 0.05) is 32.8 Å². The molecule has 186 valence electrons. The van der Waals surface area contributed by atoms with Crippen molar-refractivity contribution in [3.8, 4) is 0 Å². The third-order valence-corrected chi connectivity index (χ3v) is 5.15. The number of methoxy groups -OCH3 is 2. The molecule has 0 spiro atoms.